The monoisotopic (exact) mass is 346 g/mol. The van der Waals surface area contributed by atoms with Crippen LogP contribution >= 0.6 is 0 Å². The molecule has 2 aliphatic heterocycles. The normalized spacial score (nSPS) is 25.2. The third-order valence-electron chi connectivity index (χ3n) is 5.20. The molecule has 4 rings (SSSR count). The highest BCUT2D eigenvalue weighted by Crippen LogP contribution is 2.35. The Morgan fingerprint density at radius 2 is 2.16 bits per heavy atom. The summed E-state index contributed by atoms with van der Waals surface area (Å²) in [6.45, 7) is 5.18. The third kappa shape index (κ3) is 3.01. The largest absolute Gasteiger partial charge is 0.386 e. The maximum absolute atomic E-state index is 12.7. The zero-order valence-corrected chi connectivity index (χ0v) is 14.5. The second-order valence-corrected chi connectivity index (χ2v) is 7.32. The first kappa shape index (κ1) is 16.1. The highest BCUT2D eigenvalue weighted by molar-refractivity contribution is 6.39. The van der Waals surface area contributed by atoms with E-state index in [1.165, 1.54) is 12.8 Å². The Hall–Kier alpha value is -2.38. The molecule has 1 N–H and O–H groups in total. The number of aryl methyl sites for hydroxylation is 2. The number of likely N-dealkylation sites (tertiary alicyclic amines) is 1. The summed E-state index contributed by atoms with van der Waals surface area (Å²) in [5.74, 6) is 0.880. The van der Waals surface area contributed by atoms with Crippen molar-refractivity contribution in [1.29, 1.82) is 0 Å². The number of amides is 2. The molecule has 134 valence electrons. The van der Waals surface area contributed by atoms with Gasteiger partial charge < -0.3 is 19.6 Å². The third-order valence-corrected chi connectivity index (χ3v) is 5.20. The number of carbonyl (C=O) groups excluding carboxylic acids is 2. The molecule has 1 aromatic heterocycles. The molecule has 8 nitrogen and oxygen atoms in total. The summed E-state index contributed by atoms with van der Waals surface area (Å²) in [5, 5.41) is 10.8. The number of aromatic nitrogens is 1. The van der Waals surface area contributed by atoms with E-state index in [1.807, 2.05) is 0 Å². The van der Waals surface area contributed by atoms with Crippen molar-refractivity contribution in [1.82, 2.24) is 15.4 Å². The maximum Gasteiger partial charge on any atom is 0.269 e. The molecule has 1 saturated carbocycles. The van der Waals surface area contributed by atoms with E-state index in [9.17, 15) is 9.59 Å². The smallest absolute Gasteiger partial charge is 0.269 e. The molecule has 3 aliphatic rings. The van der Waals surface area contributed by atoms with Crippen molar-refractivity contribution in [3.63, 3.8) is 0 Å². The average Bonchev–Trinajstić information content (AvgIpc) is 3.03. The van der Waals surface area contributed by atoms with Crippen molar-refractivity contribution in [2.24, 2.45) is 11.1 Å². The Bertz CT molecular complexity index is 732. The molecule has 1 unspecified atom stereocenters. The van der Waals surface area contributed by atoms with Crippen LogP contribution in [0.1, 0.15) is 47.5 Å². The van der Waals surface area contributed by atoms with Crippen LogP contribution in [0.2, 0.25) is 0 Å². The van der Waals surface area contributed by atoms with Gasteiger partial charge in [-0.1, -0.05) is 10.3 Å². The van der Waals surface area contributed by atoms with Gasteiger partial charge in [-0.15, -0.1) is 0 Å². The van der Waals surface area contributed by atoms with E-state index >= 15 is 0 Å². The van der Waals surface area contributed by atoms with Crippen molar-refractivity contribution in [2.75, 3.05) is 19.6 Å². The van der Waals surface area contributed by atoms with Crippen LogP contribution < -0.4 is 5.32 Å². The average molecular weight is 346 g/mol. The number of carbonyl (C=O) groups is 2. The summed E-state index contributed by atoms with van der Waals surface area (Å²) in [6, 6.07) is 0. The molecule has 1 aliphatic carbocycles. The van der Waals surface area contributed by atoms with E-state index in [0.717, 1.165) is 0 Å². The molecule has 25 heavy (non-hydrogen) atoms. The highest BCUT2D eigenvalue weighted by Gasteiger charge is 2.48. The van der Waals surface area contributed by atoms with Crippen molar-refractivity contribution in [3.05, 3.63) is 17.0 Å². The van der Waals surface area contributed by atoms with Crippen LogP contribution in [0.5, 0.6) is 0 Å². The number of nitrogens with zero attached hydrogens (tertiary/aromatic N) is 3. The minimum Gasteiger partial charge on any atom is -0.386 e. The van der Waals surface area contributed by atoms with Crippen molar-refractivity contribution in [3.8, 4) is 0 Å². The Morgan fingerprint density at radius 1 is 1.36 bits per heavy atom. The topological polar surface area (TPSA) is 97.0 Å². The summed E-state index contributed by atoms with van der Waals surface area (Å²) in [7, 11) is 0. The summed E-state index contributed by atoms with van der Waals surface area (Å²) >= 11 is 0. The molecule has 2 amide bonds. The van der Waals surface area contributed by atoms with Gasteiger partial charge in [0.25, 0.3) is 11.8 Å². The fraction of sp³-hybridized carbons (Fsp3) is 0.647. The number of hydrogen-bond donors (Lipinski definition) is 1. The van der Waals surface area contributed by atoms with E-state index in [4.69, 9.17) is 9.36 Å². The molecular weight excluding hydrogens is 324 g/mol. The van der Waals surface area contributed by atoms with Crippen LogP contribution in [-0.4, -0.2) is 52.8 Å². The van der Waals surface area contributed by atoms with Gasteiger partial charge in [0.1, 0.15) is 17.0 Å². The fourth-order valence-corrected chi connectivity index (χ4v) is 3.49. The minimum atomic E-state index is -0.582. The SMILES string of the molecule is Cc1noc(C)c1C(=O)N1CCC2(CC(C(=O)NCC3CC3)=NO2)C1. The van der Waals surface area contributed by atoms with E-state index in [-0.39, 0.29) is 11.8 Å². The van der Waals surface area contributed by atoms with Crippen LogP contribution in [0.15, 0.2) is 9.68 Å². The molecule has 0 aromatic carbocycles. The molecule has 1 aromatic rings. The van der Waals surface area contributed by atoms with E-state index < -0.39 is 5.60 Å². The lowest BCUT2D eigenvalue weighted by Crippen LogP contribution is -2.39. The Morgan fingerprint density at radius 3 is 2.84 bits per heavy atom. The first-order valence-electron chi connectivity index (χ1n) is 8.73. The molecule has 0 bridgehead atoms. The van der Waals surface area contributed by atoms with E-state index in [1.54, 1.807) is 18.7 Å². The molecule has 1 atom stereocenters. The van der Waals surface area contributed by atoms with Gasteiger partial charge in [0.05, 0.1) is 12.2 Å². The zero-order chi connectivity index (χ0) is 17.6. The summed E-state index contributed by atoms with van der Waals surface area (Å²) in [5.41, 5.74) is 0.943. The maximum atomic E-state index is 12.7. The minimum absolute atomic E-state index is 0.108. The fourth-order valence-electron chi connectivity index (χ4n) is 3.49. The first-order valence-corrected chi connectivity index (χ1v) is 8.73. The molecule has 1 spiro atoms. The predicted octanol–water partition coefficient (Wildman–Crippen LogP) is 1.18. The van der Waals surface area contributed by atoms with E-state index in [2.05, 4.69) is 15.6 Å². The van der Waals surface area contributed by atoms with Gasteiger partial charge in [0.15, 0.2) is 5.60 Å². The summed E-state index contributed by atoms with van der Waals surface area (Å²) in [4.78, 5) is 32.3. The molecule has 8 heteroatoms. The Kier molecular flexibility index (Phi) is 3.77. The van der Waals surface area contributed by atoms with Crippen LogP contribution in [0.4, 0.5) is 0 Å². The standard InChI is InChI=1S/C17H22N4O4/c1-10-14(11(2)24-19-10)16(23)21-6-5-17(9-21)7-13(20-25-17)15(22)18-8-12-3-4-12/h12H,3-9H2,1-2H3,(H,18,22). The number of oxime groups is 1. The lowest BCUT2D eigenvalue weighted by molar-refractivity contribution is -0.115. The van der Waals surface area contributed by atoms with Crippen LogP contribution in [-0.2, 0) is 9.63 Å². The van der Waals surface area contributed by atoms with Gasteiger partial charge in [-0.05, 0) is 32.6 Å². The van der Waals surface area contributed by atoms with Crippen LogP contribution in [0.25, 0.3) is 0 Å². The van der Waals surface area contributed by atoms with Gasteiger partial charge in [-0.2, -0.15) is 0 Å². The number of rotatable bonds is 4. The molecule has 0 radical (unpaired) electrons. The molecule has 3 heterocycles. The number of nitrogens with one attached hydrogen (secondary N) is 1. The lowest BCUT2D eigenvalue weighted by atomic mass is 9.96. The van der Waals surface area contributed by atoms with Crippen LogP contribution in [0, 0.1) is 19.8 Å². The summed E-state index contributed by atoms with van der Waals surface area (Å²) in [6.07, 6.45) is 3.47. The zero-order valence-electron chi connectivity index (χ0n) is 14.5. The van der Waals surface area contributed by atoms with Crippen LogP contribution in [0.3, 0.4) is 0 Å². The second kappa shape index (κ2) is 5.86. The van der Waals surface area contributed by atoms with Crippen molar-refractivity contribution < 1.29 is 18.9 Å². The van der Waals surface area contributed by atoms with Gasteiger partial charge in [-0.25, -0.2) is 0 Å². The molecule has 2 fully saturated rings. The highest BCUT2D eigenvalue weighted by atomic mass is 16.7. The van der Waals surface area contributed by atoms with Gasteiger partial charge in [0, 0.05) is 25.9 Å². The molecular formula is C17H22N4O4. The Labute approximate surface area is 145 Å². The number of hydrogen-bond acceptors (Lipinski definition) is 6. The quantitative estimate of drug-likeness (QED) is 0.883. The lowest BCUT2D eigenvalue weighted by Gasteiger charge is -2.21. The molecule has 1 saturated heterocycles. The van der Waals surface area contributed by atoms with Gasteiger partial charge >= 0.3 is 0 Å². The second-order valence-electron chi connectivity index (χ2n) is 7.32. The van der Waals surface area contributed by atoms with Gasteiger partial charge in [0.2, 0.25) is 0 Å². The van der Waals surface area contributed by atoms with Crippen molar-refractivity contribution >= 4 is 17.5 Å². The Balaban J connectivity index is 1.37. The first-order chi connectivity index (χ1) is 12.0. The van der Waals surface area contributed by atoms with E-state index in [0.29, 0.717) is 61.1 Å². The van der Waals surface area contributed by atoms with Crippen molar-refractivity contribution in [2.45, 2.75) is 45.1 Å². The summed E-state index contributed by atoms with van der Waals surface area (Å²) < 4.78 is 5.09. The predicted molar refractivity (Wildman–Crippen MR) is 88.1 cm³/mol. The van der Waals surface area contributed by atoms with Gasteiger partial charge in [-0.3, -0.25) is 9.59 Å².